The lowest BCUT2D eigenvalue weighted by Crippen LogP contribution is -2.36. The van der Waals surface area contributed by atoms with Crippen molar-refractivity contribution >= 4 is 0 Å². The summed E-state index contributed by atoms with van der Waals surface area (Å²) in [5.74, 6) is 0.496. The lowest BCUT2D eigenvalue weighted by atomic mass is 9.87. The second-order valence-electron chi connectivity index (χ2n) is 3.83. The minimum Gasteiger partial charge on any atom is -0.396 e. The summed E-state index contributed by atoms with van der Waals surface area (Å²) in [6.07, 6.45) is 7.78. The normalized spacial score (nSPS) is 32.5. The molecule has 2 nitrogen and oxygen atoms in total. The first-order valence-corrected chi connectivity index (χ1v) is 5.16. The van der Waals surface area contributed by atoms with Crippen LogP contribution < -0.4 is 5.32 Å². The van der Waals surface area contributed by atoms with Gasteiger partial charge in [0.2, 0.25) is 0 Å². The molecule has 0 spiro atoms. The molecular weight excluding hydrogens is 150 g/mol. The van der Waals surface area contributed by atoms with Crippen LogP contribution in [0.1, 0.15) is 38.5 Å². The molecule has 0 heterocycles. The lowest BCUT2D eigenvalue weighted by Gasteiger charge is -2.27. The summed E-state index contributed by atoms with van der Waals surface area (Å²) in [5.41, 5.74) is 0. The van der Waals surface area contributed by atoms with E-state index in [1.807, 2.05) is 7.05 Å². The summed E-state index contributed by atoms with van der Waals surface area (Å²) in [6.45, 7) is 0.353. The molecular formula is C10H21NO. The fraction of sp³-hybridized carbons (Fsp3) is 1.00. The first-order valence-electron chi connectivity index (χ1n) is 5.16. The van der Waals surface area contributed by atoms with Crippen molar-refractivity contribution < 1.29 is 5.11 Å². The third-order valence-corrected chi connectivity index (χ3v) is 3.01. The summed E-state index contributed by atoms with van der Waals surface area (Å²) in [7, 11) is 2.01. The number of rotatable bonds is 2. The molecule has 2 unspecified atom stereocenters. The van der Waals surface area contributed by atoms with Crippen LogP contribution in [-0.4, -0.2) is 24.8 Å². The van der Waals surface area contributed by atoms with Crippen molar-refractivity contribution in [2.75, 3.05) is 13.7 Å². The molecule has 0 aromatic heterocycles. The van der Waals surface area contributed by atoms with Crippen molar-refractivity contribution in [1.82, 2.24) is 5.32 Å². The number of aliphatic hydroxyl groups excluding tert-OH is 1. The average molecular weight is 171 g/mol. The topological polar surface area (TPSA) is 32.3 Å². The first-order chi connectivity index (χ1) is 5.88. The molecule has 2 heteroatoms. The van der Waals surface area contributed by atoms with Crippen molar-refractivity contribution in [3.8, 4) is 0 Å². The second kappa shape index (κ2) is 5.55. The molecule has 0 bridgehead atoms. The highest BCUT2D eigenvalue weighted by Gasteiger charge is 2.19. The van der Waals surface area contributed by atoms with Gasteiger partial charge in [0.15, 0.2) is 0 Å². The predicted molar refractivity (Wildman–Crippen MR) is 51.1 cm³/mol. The van der Waals surface area contributed by atoms with Gasteiger partial charge in [-0.15, -0.1) is 0 Å². The van der Waals surface area contributed by atoms with Crippen LogP contribution in [0.25, 0.3) is 0 Å². The van der Waals surface area contributed by atoms with E-state index in [-0.39, 0.29) is 0 Å². The van der Waals surface area contributed by atoms with E-state index in [0.29, 0.717) is 18.6 Å². The minimum atomic E-state index is 0.353. The predicted octanol–water partition coefficient (Wildman–Crippen LogP) is 1.54. The molecule has 0 saturated heterocycles. The van der Waals surface area contributed by atoms with Crippen LogP contribution >= 0.6 is 0 Å². The van der Waals surface area contributed by atoms with Gasteiger partial charge in [0, 0.05) is 12.6 Å². The molecule has 0 aromatic carbocycles. The van der Waals surface area contributed by atoms with E-state index in [1.54, 1.807) is 0 Å². The van der Waals surface area contributed by atoms with Gasteiger partial charge in [-0.25, -0.2) is 0 Å². The summed E-state index contributed by atoms with van der Waals surface area (Å²) in [4.78, 5) is 0. The van der Waals surface area contributed by atoms with Gasteiger partial charge in [-0.1, -0.05) is 25.7 Å². The highest BCUT2D eigenvalue weighted by atomic mass is 16.3. The third kappa shape index (κ3) is 2.76. The Morgan fingerprint density at radius 2 is 1.83 bits per heavy atom. The smallest absolute Gasteiger partial charge is 0.0474 e. The number of aliphatic hydroxyl groups is 1. The van der Waals surface area contributed by atoms with Crippen molar-refractivity contribution in [1.29, 1.82) is 0 Å². The Balaban J connectivity index is 2.39. The van der Waals surface area contributed by atoms with E-state index < -0.39 is 0 Å². The zero-order valence-corrected chi connectivity index (χ0v) is 8.05. The molecule has 1 rings (SSSR count). The van der Waals surface area contributed by atoms with Crippen molar-refractivity contribution in [2.45, 2.75) is 44.6 Å². The zero-order chi connectivity index (χ0) is 8.81. The van der Waals surface area contributed by atoms with Gasteiger partial charge < -0.3 is 10.4 Å². The Labute approximate surface area is 75.4 Å². The van der Waals surface area contributed by atoms with Crippen LogP contribution in [0.2, 0.25) is 0 Å². The molecule has 1 fully saturated rings. The first kappa shape index (κ1) is 10.0. The van der Waals surface area contributed by atoms with Gasteiger partial charge in [0.25, 0.3) is 0 Å². The number of hydrogen-bond acceptors (Lipinski definition) is 2. The van der Waals surface area contributed by atoms with Crippen molar-refractivity contribution in [2.24, 2.45) is 5.92 Å². The third-order valence-electron chi connectivity index (χ3n) is 3.01. The van der Waals surface area contributed by atoms with Gasteiger partial charge in [0.1, 0.15) is 0 Å². The molecule has 0 amide bonds. The SMILES string of the molecule is CNC1CCCCCCC1CO. The van der Waals surface area contributed by atoms with Crippen molar-refractivity contribution in [3.63, 3.8) is 0 Å². The van der Waals surface area contributed by atoms with Crippen LogP contribution in [-0.2, 0) is 0 Å². The van der Waals surface area contributed by atoms with E-state index >= 15 is 0 Å². The van der Waals surface area contributed by atoms with Gasteiger partial charge in [-0.2, -0.15) is 0 Å². The summed E-state index contributed by atoms with van der Waals surface area (Å²) in [6, 6.07) is 0.551. The standard InChI is InChI=1S/C10H21NO/c1-11-10-7-5-3-2-4-6-9(10)8-12/h9-12H,2-8H2,1H3. The Bertz CT molecular complexity index is 102. The molecule has 1 aliphatic carbocycles. The summed E-state index contributed by atoms with van der Waals surface area (Å²) >= 11 is 0. The Hall–Kier alpha value is -0.0800. The van der Waals surface area contributed by atoms with Crippen LogP contribution in [0, 0.1) is 5.92 Å². The summed E-state index contributed by atoms with van der Waals surface area (Å²) < 4.78 is 0. The minimum absolute atomic E-state index is 0.353. The molecule has 72 valence electrons. The fourth-order valence-corrected chi connectivity index (χ4v) is 2.16. The van der Waals surface area contributed by atoms with E-state index in [1.165, 1.54) is 38.5 Å². The molecule has 1 aliphatic rings. The average Bonchev–Trinajstić information content (AvgIpc) is 2.05. The molecule has 1 saturated carbocycles. The maximum atomic E-state index is 9.17. The van der Waals surface area contributed by atoms with Gasteiger partial charge in [0.05, 0.1) is 0 Å². The van der Waals surface area contributed by atoms with Crippen LogP contribution in [0.4, 0.5) is 0 Å². The highest BCUT2D eigenvalue weighted by molar-refractivity contribution is 4.76. The van der Waals surface area contributed by atoms with Crippen LogP contribution in [0.3, 0.4) is 0 Å². The van der Waals surface area contributed by atoms with E-state index in [4.69, 9.17) is 5.11 Å². The molecule has 0 aliphatic heterocycles. The Morgan fingerprint density at radius 1 is 1.17 bits per heavy atom. The maximum Gasteiger partial charge on any atom is 0.0474 e. The molecule has 0 radical (unpaired) electrons. The largest absolute Gasteiger partial charge is 0.396 e. The molecule has 12 heavy (non-hydrogen) atoms. The van der Waals surface area contributed by atoms with E-state index in [9.17, 15) is 0 Å². The second-order valence-corrected chi connectivity index (χ2v) is 3.83. The fourth-order valence-electron chi connectivity index (χ4n) is 2.16. The summed E-state index contributed by atoms with van der Waals surface area (Å²) in [5, 5.41) is 12.5. The van der Waals surface area contributed by atoms with Crippen molar-refractivity contribution in [3.05, 3.63) is 0 Å². The number of hydrogen-bond donors (Lipinski definition) is 2. The van der Waals surface area contributed by atoms with E-state index in [0.717, 1.165) is 0 Å². The maximum absolute atomic E-state index is 9.17. The molecule has 2 atom stereocenters. The van der Waals surface area contributed by atoms with Crippen LogP contribution in [0.5, 0.6) is 0 Å². The highest BCUT2D eigenvalue weighted by Crippen LogP contribution is 2.22. The quantitative estimate of drug-likeness (QED) is 0.660. The Kier molecular flexibility index (Phi) is 4.62. The van der Waals surface area contributed by atoms with Gasteiger partial charge in [-0.3, -0.25) is 0 Å². The molecule has 0 aromatic rings. The molecule has 2 N–H and O–H groups in total. The van der Waals surface area contributed by atoms with Crippen LogP contribution in [0.15, 0.2) is 0 Å². The van der Waals surface area contributed by atoms with Gasteiger partial charge >= 0.3 is 0 Å². The zero-order valence-electron chi connectivity index (χ0n) is 8.05. The Morgan fingerprint density at radius 3 is 2.42 bits per heavy atom. The number of nitrogens with one attached hydrogen (secondary N) is 1. The van der Waals surface area contributed by atoms with Gasteiger partial charge in [-0.05, 0) is 25.8 Å². The monoisotopic (exact) mass is 171 g/mol. The van der Waals surface area contributed by atoms with E-state index in [2.05, 4.69) is 5.32 Å². The lowest BCUT2D eigenvalue weighted by molar-refractivity contribution is 0.169.